The second kappa shape index (κ2) is 10.8. The van der Waals surface area contributed by atoms with Crippen LogP contribution in [0.5, 0.6) is 0 Å². The molecular formula is C23H23F4N3O5. The van der Waals surface area contributed by atoms with Crippen LogP contribution in [-0.2, 0) is 14.3 Å². The van der Waals surface area contributed by atoms with Crippen molar-refractivity contribution in [2.24, 2.45) is 11.3 Å². The number of carbonyl (C=O) groups excluding carboxylic acids is 2. The zero-order chi connectivity index (χ0) is 25.6. The van der Waals surface area contributed by atoms with Crippen LogP contribution in [-0.4, -0.2) is 65.3 Å². The van der Waals surface area contributed by atoms with Crippen LogP contribution in [0.3, 0.4) is 0 Å². The number of hydrogen-bond donors (Lipinski definition) is 2. The second-order valence-electron chi connectivity index (χ2n) is 8.25. The van der Waals surface area contributed by atoms with Crippen molar-refractivity contribution in [1.82, 2.24) is 9.88 Å². The largest absolute Gasteiger partial charge is 0.490 e. The summed E-state index contributed by atoms with van der Waals surface area (Å²) in [5.41, 5.74) is 0.759. The molecule has 1 unspecified atom stereocenters. The fraction of sp³-hybridized carbons (Fsp3) is 0.391. The Balaban J connectivity index is 0.000000429. The third-order valence-corrected chi connectivity index (χ3v) is 6.00. The van der Waals surface area contributed by atoms with Gasteiger partial charge in [0.15, 0.2) is 0 Å². The van der Waals surface area contributed by atoms with Gasteiger partial charge >= 0.3 is 12.1 Å². The number of carboxylic acids is 1. The van der Waals surface area contributed by atoms with E-state index in [9.17, 15) is 27.2 Å². The Kier molecular flexibility index (Phi) is 8.05. The molecule has 1 atom stereocenters. The molecule has 2 aliphatic heterocycles. The first-order chi connectivity index (χ1) is 16.5. The number of ether oxygens (including phenoxy) is 1. The Morgan fingerprint density at radius 2 is 1.74 bits per heavy atom. The highest BCUT2D eigenvalue weighted by atomic mass is 19.4. The fourth-order valence-corrected chi connectivity index (χ4v) is 4.21. The molecule has 2 fully saturated rings. The number of anilines is 1. The van der Waals surface area contributed by atoms with E-state index in [0.29, 0.717) is 37.6 Å². The predicted octanol–water partition coefficient (Wildman–Crippen LogP) is 3.36. The van der Waals surface area contributed by atoms with E-state index in [1.807, 2.05) is 0 Å². The Morgan fingerprint density at radius 3 is 2.29 bits per heavy atom. The van der Waals surface area contributed by atoms with Crippen molar-refractivity contribution in [1.29, 1.82) is 0 Å². The number of pyridine rings is 1. The normalized spacial score (nSPS) is 19.0. The number of hydrogen-bond acceptors (Lipinski definition) is 5. The Labute approximate surface area is 197 Å². The average molecular weight is 497 g/mol. The molecule has 1 aromatic carbocycles. The van der Waals surface area contributed by atoms with Crippen LogP contribution >= 0.6 is 0 Å². The average Bonchev–Trinajstić information content (AvgIpc) is 3.18. The molecule has 0 saturated carbocycles. The molecule has 1 aromatic heterocycles. The van der Waals surface area contributed by atoms with Crippen LogP contribution in [0.15, 0.2) is 48.8 Å². The summed E-state index contributed by atoms with van der Waals surface area (Å²) < 4.78 is 50.4. The lowest BCUT2D eigenvalue weighted by atomic mass is 9.71. The lowest BCUT2D eigenvalue weighted by Crippen LogP contribution is -2.42. The van der Waals surface area contributed by atoms with Crippen molar-refractivity contribution < 1.29 is 41.8 Å². The maximum atomic E-state index is 13.2. The van der Waals surface area contributed by atoms with Crippen molar-refractivity contribution >= 4 is 23.5 Å². The van der Waals surface area contributed by atoms with Gasteiger partial charge in [-0.3, -0.25) is 14.6 Å². The van der Waals surface area contributed by atoms with Gasteiger partial charge < -0.3 is 20.1 Å². The van der Waals surface area contributed by atoms with Crippen molar-refractivity contribution in [3.05, 3.63) is 60.2 Å². The van der Waals surface area contributed by atoms with Gasteiger partial charge in [0.25, 0.3) is 5.91 Å². The summed E-state index contributed by atoms with van der Waals surface area (Å²) in [6.07, 6.45) is -0.379. The highest BCUT2D eigenvalue weighted by Crippen LogP contribution is 2.45. The van der Waals surface area contributed by atoms with Crippen LogP contribution < -0.4 is 5.32 Å². The van der Waals surface area contributed by atoms with Gasteiger partial charge in [-0.15, -0.1) is 0 Å². The molecule has 8 nitrogen and oxygen atoms in total. The van der Waals surface area contributed by atoms with Crippen LogP contribution in [0.25, 0.3) is 0 Å². The maximum absolute atomic E-state index is 13.2. The van der Waals surface area contributed by atoms with Gasteiger partial charge in [-0.2, -0.15) is 13.2 Å². The van der Waals surface area contributed by atoms with E-state index in [0.717, 1.165) is 12.8 Å². The minimum atomic E-state index is -5.08. The molecule has 188 valence electrons. The summed E-state index contributed by atoms with van der Waals surface area (Å²) in [6.45, 7) is 1.99. The monoisotopic (exact) mass is 497 g/mol. The first kappa shape index (κ1) is 26.1. The van der Waals surface area contributed by atoms with Gasteiger partial charge in [-0.1, -0.05) is 0 Å². The van der Waals surface area contributed by atoms with E-state index >= 15 is 0 Å². The lowest BCUT2D eigenvalue weighted by Gasteiger charge is -2.37. The van der Waals surface area contributed by atoms with Crippen molar-refractivity contribution in [2.75, 3.05) is 31.6 Å². The first-order valence-electron chi connectivity index (χ1n) is 10.7. The number of nitrogens with one attached hydrogen (secondary N) is 1. The van der Waals surface area contributed by atoms with Crippen molar-refractivity contribution in [3.8, 4) is 0 Å². The van der Waals surface area contributed by atoms with E-state index in [1.165, 1.54) is 24.3 Å². The molecule has 2 saturated heterocycles. The number of carbonyl (C=O) groups is 3. The van der Waals surface area contributed by atoms with Gasteiger partial charge in [-0.25, -0.2) is 9.18 Å². The number of alkyl halides is 3. The molecule has 2 N–H and O–H groups in total. The van der Waals surface area contributed by atoms with Crippen molar-refractivity contribution in [2.45, 2.75) is 19.0 Å². The summed E-state index contributed by atoms with van der Waals surface area (Å²) in [4.78, 5) is 40.7. The maximum Gasteiger partial charge on any atom is 0.490 e. The van der Waals surface area contributed by atoms with E-state index < -0.39 is 12.1 Å². The van der Waals surface area contributed by atoms with Gasteiger partial charge in [0.1, 0.15) is 5.82 Å². The number of benzene rings is 1. The molecule has 3 heterocycles. The third-order valence-electron chi connectivity index (χ3n) is 6.00. The van der Waals surface area contributed by atoms with E-state index in [1.54, 1.807) is 29.4 Å². The lowest BCUT2D eigenvalue weighted by molar-refractivity contribution is -0.192. The van der Waals surface area contributed by atoms with Gasteiger partial charge in [0.05, 0.1) is 17.8 Å². The fourth-order valence-electron chi connectivity index (χ4n) is 4.21. The number of aliphatic carboxylic acids is 1. The molecule has 2 amide bonds. The van der Waals surface area contributed by atoms with Crippen LogP contribution in [0.2, 0.25) is 0 Å². The molecular weight excluding hydrogens is 474 g/mol. The number of amides is 2. The Hall–Kier alpha value is -3.54. The van der Waals surface area contributed by atoms with E-state index in [-0.39, 0.29) is 29.0 Å². The molecule has 4 rings (SSSR count). The smallest absolute Gasteiger partial charge is 0.475 e. The zero-order valence-electron chi connectivity index (χ0n) is 18.4. The minimum absolute atomic E-state index is 0.107. The molecule has 2 aliphatic rings. The molecule has 0 radical (unpaired) electrons. The molecule has 2 aromatic rings. The standard InChI is InChI=1S/C21H22FN3O3.C2HF3O2/c22-16-5-3-15(4-6-16)20(27)25-13-18(21(14-25)7-10-28-11-8-21)19(26)24-17-2-1-9-23-12-17;3-2(4,5)1(6)7/h1-6,9,12,18H,7-8,10-11,13-14H2,(H,24,26);(H,6,7). The Bertz CT molecular complexity index is 1040. The highest BCUT2D eigenvalue weighted by molar-refractivity contribution is 5.97. The molecule has 1 spiro atoms. The van der Waals surface area contributed by atoms with Gasteiger partial charge in [-0.05, 0) is 49.2 Å². The number of halogens is 4. The predicted molar refractivity (Wildman–Crippen MR) is 115 cm³/mol. The Morgan fingerprint density at radius 1 is 1.11 bits per heavy atom. The molecule has 0 bridgehead atoms. The minimum Gasteiger partial charge on any atom is -0.475 e. The van der Waals surface area contributed by atoms with Crippen LogP contribution in [0, 0.1) is 17.2 Å². The SMILES string of the molecule is O=C(Nc1cccnc1)C1CN(C(=O)c2ccc(F)cc2)CC12CCOCC2.O=C(O)C(F)(F)F. The summed E-state index contributed by atoms with van der Waals surface area (Å²) in [5, 5.41) is 10.1. The topological polar surface area (TPSA) is 109 Å². The molecule has 0 aliphatic carbocycles. The summed E-state index contributed by atoms with van der Waals surface area (Å²) in [7, 11) is 0. The number of rotatable bonds is 3. The van der Waals surface area contributed by atoms with Crippen molar-refractivity contribution in [3.63, 3.8) is 0 Å². The molecule has 12 heteroatoms. The quantitative estimate of drug-likeness (QED) is 0.630. The molecule has 35 heavy (non-hydrogen) atoms. The second-order valence-corrected chi connectivity index (χ2v) is 8.25. The number of aromatic nitrogens is 1. The number of likely N-dealkylation sites (tertiary alicyclic amines) is 1. The zero-order valence-corrected chi connectivity index (χ0v) is 18.4. The highest BCUT2D eigenvalue weighted by Gasteiger charge is 2.51. The summed E-state index contributed by atoms with van der Waals surface area (Å²) >= 11 is 0. The number of nitrogens with zero attached hydrogens (tertiary/aromatic N) is 2. The van der Waals surface area contributed by atoms with E-state index in [2.05, 4.69) is 10.3 Å². The van der Waals surface area contributed by atoms with Gasteiger partial charge in [0.2, 0.25) is 5.91 Å². The first-order valence-corrected chi connectivity index (χ1v) is 10.7. The van der Waals surface area contributed by atoms with Crippen LogP contribution in [0.1, 0.15) is 23.2 Å². The number of carboxylic acid groups (broad SMARTS) is 1. The summed E-state index contributed by atoms with van der Waals surface area (Å²) in [5.74, 6) is -3.76. The van der Waals surface area contributed by atoms with Gasteiger partial charge in [0, 0.05) is 43.5 Å². The van der Waals surface area contributed by atoms with E-state index in [4.69, 9.17) is 14.6 Å². The summed E-state index contributed by atoms with van der Waals surface area (Å²) in [6, 6.07) is 9.08. The van der Waals surface area contributed by atoms with Crippen LogP contribution in [0.4, 0.5) is 23.2 Å². The third kappa shape index (κ3) is 6.53.